The first kappa shape index (κ1) is 31.9. The first-order chi connectivity index (χ1) is 16.4. The van der Waals surface area contributed by atoms with E-state index in [0.29, 0.717) is 24.1 Å². The number of allylic oxidation sites excluding steroid dienone is 3. The van der Waals surface area contributed by atoms with E-state index in [9.17, 15) is 5.11 Å². The van der Waals surface area contributed by atoms with Crippen molar-refractivity contribution in [3.05, 3.63) is 60.2 Å². The second kappa shape index (κ2) is 20.3. The SMILES string of the molecule is C/C=C\CC.C=C(C)OCCSCc1nnc(-c2ccc(C(O)CCCN(C)C)cc2)o1.CC. The topological polar surface area (TPSA) is 71.6 Å². The molecule has 0 aliphatic rings. The van der Waals surface area contributed by atoms with E-state index in [2.05, 4.69) is 40.8 Å². The minimum absolute atomic E-state index is 0.449. The average molecular weight is 492 g/mol. The Morgan fingerprint density at radius 1 is 1.24 bits per heavy atom. The third-order valence-electron chi connectivity index (χ3n) is 4.37. The van der Waals surface area contributed by atoms with Gasteiger partial charge >= 0.3 is 0 Å². The third-order valence-corrected chi connectivity index (χ3v) is 5.27. The van der Waals surface area contributed by atoms with Crippen LogP contribution in [0, 0.1) is 0 Å². The van der Waals surface area contributed by atoms with E-state index in [4.69, 9.17) is 9.15 Å². The van der Waals surface area contributed by atoms with E-state index >= 15 is 0 Å². The number of benzene rings is 1. The Hall–Kier alpha value is -2.09. The molecule has 192 valence electrons. The van der Waals surface area contributed by atoms with Crippen molar-refractivity contribution < 1.29 is 14.3 Å². The molecule has 1 aromatic heterocycles. The summed E-state index contributed by atoms with van der Waals surface area (Å²) in [7, 11) is 4.07. The van der Waals surface area contributed by atoms with Crippen LogP contribution in [0.15, 0.2) is 53.2 Å². The molecule has 0 saturated heterocycles. The van der Waals surface area contributed by atoms with Crippen LogP contribution in [-0.2, 0) is 10.5 Å². The molecular weight excluding hydrogens is 446 g/mol. The Bertz CT molecular complexity index is 789. The summed E-state index contributed by atoms with van der Waals surface area (Å²) in [4.78, 5) is 2.12. The van der Waals surface area contributed by atoms with Crippen molar-refractivity contribution in [2.45, 2.75) is 65.7 Å². The number of aromatic nitrogens is 2. The summed E-state index contributed by atoms with van der Waals surface area (Å²) in [6.07, 6.45) is 6.60. The van der Waals surface area contributed by atoms with Gasteiger partial charge in [0.1, 0.15) is 0 Å². The van der Waals surface area contributed by atoms with Crippen LogP contribution >= 0.6 is 11.8 Å². The lowest BCUT2D eigenvalue weighted by molar-refractivity contribution is 0.160. The predicted molar refractivity (Wildman–Crippen MR) is 146 cm³/mol. The van der Waals surface area contributed by atoms with Crippen LogP contribution in [0.2, 0.25) is 0 Å². The predicted octanol–water partition coefficient (Wildman–Crippen LogP) is 6.89. The van der Waals surface area contributed by atoms with Gasteiger partial charge in [0.15, 0.2) is 0 Å². The normalized spacial score (nSPS) is 11.4. The zero-order valence-electron chi connectivity index (χ0n) is 22.2. The summed E-state index contributed by atoms with van der Waals surface area (Å²) in [5.41, 5.74) is 1.76. The van der Waals surface area contributed by atoms with Gasteiger partial charge in [0, 0.05) is 11.3 Å². The lowest BCUT2D eigenvalue weighted by Crippen LogP contribution is -2.13. The molecule has 0 amide bonds. The molecule has 0 radical (unpaired) electrons. The summed E-state index contributed by atoms with van der Waals surface area (Å²) in [6.45, 7) is 15.3. The van der Waals surface area contributed by atoms with Gasteiger partial charge in [-0.05, 0) is 71.4 Å². The number of ether oxygens (including phenoxy) is 1. The highest BCUT2D eigenvalue weighted by Gasteiger charge is 2.11. The largest absolute Gasteiger partial charge is 0.498 e. The Kier molecular flexibility index (Phi) is 19.0. The fraction of sp³-hybridized carbons (Fsp3) is 0.556. The molecule has 0 aliphatic carbocycles. The Morgan fingerprint density at radius 3 is 2.44 bits per heavy atom. The lowest BCUT2D eigenvalue weighted by atomic mass is 10.0. The third kappa shape index (κ3) is 14.9. The van der Waals surface area contributed by atoms with Gasteiger partial charge in [0.25, 0.3) is 0 Å². The first-order valence-electron chi connectivity index (χ1n) is 12.1. The maximum absolute atomic E-state index is 10.3. The average Bonchev–Trinajstić information content (AvgIpc) is 3.30. The molecule has 0 saturated carbocycles. The van der Waals surface area contributed by atoms with Gasteiger partial charge in [-0.3, -0.25) is 0 Å². The molecule has 7 heteroatoms. The zero-order valence-corrected chi connectivity index (χ0v) is 23.0. The number of hydrogen-bond donors (Lipinski definition) is 1. The van der Waals surface area contributed by atoms with Crippen molar-refractivity contribution in [2.75, 3.05) is 33.0 Å². The van der Waals surface area contributed by atoms with Crippen molar-refractivity contribution in [3.8, 4) is 11.5 Å². The van der Waals surface area contributed by atoms with Crippen molar-refractivity contribution in [1.29, 1.82) is 0 Å². The first-order valence-corrected chi connectivity index (χ1v) is 13.3. The molecule has 1 heterocycles. The molecule has 0 spiro atoms. The molecule has 0 bridgehead atoms. The van der Waals surface area contributed by atoms with E-state index < -0.39 is 6.10 Å². The van der Waals surface area contributed by atoms with Crippen molar-refractivity contribution in [3.63, 3.8) is 0 Å². The molecule has 34 heavy (non-hydrogen) atoms. The summed E-state index contributed by atoms with van der Waals surface area (Å²) in [6, 6.07) is 7.66. The minimum Gasteiger partial charge on any atom is -0.498 e. The van der Waals surface area contributed by atoms with Crippen molar-refractivity contribution in [2.24, 2.45) is 0 Å². The summed E-state index contributed by atoms with van der Waals surface area (Å²) < 4.78 is 11.0. The van der Waals surface area contributed by atoms with Crippen LogP contribution in [0.3, 0.4) is 0 Å². The molecule has 0 fully saturated rings. The highest BCUT2D eigenvalue weighted by Crippen LogP contribution is 2.24. The number of rotatable bonds is 13. The van der Waals surface area contributed by atoms with Gasteiger partial charge in [-0.25, -0.2) is 0 Å². The Balaban J connectivity index is 0.00000138. The van der Waals surface area contributed by atoms with Crippen LogP contribution in [0.1, 0.15) is 71.4 Å². The molecule has 2 rings (SSSR count). The maximum atomic E-state index is 10.3. The molecule has 0 aliphatic heterocycles. The number of nitrogens with zero attached hydrogens (tertiary/aromatic N) is 3. The standard InChI is InChI=1S/C20H29N3O3S.C5H10.C2H6/c1-15(2)25-12-13-27-14-19-21-22-20(26-19)17-9-7-16(8-10-17)18(24)6-5-11-23(3)4;1-3-5-4-2;1-2/h7-10,18,24H,1,5-6,11-14H2,2-4H3;3,5H,4H2,1-2H3;1-2H3/b;5-3-;. The van der Waals surface area contributed by atoms with Crippen LogP contribution in [-0.4, -0.2) is 53.2 Å². The lowest BCUT2D eigenvalue weighted by Gasteiger charge is -2.13. The zero-order chi connectivity index (χ0) is 25.8. The fourth-order valence-electron chi connectivity index (χ4n) is 2.71. The monoisotopic (exact) mass is 491 g/mol. The summed E-state index contributed by atoms with van der Waals surface area (Å²) in [5, 5.41) is 18.5. The summed E-state index contributed by atoms with van der Waals surface area (Å²) >= 11 is 1.67. The van der Waals surface area contributed by atoms with Gasteiger partial charge in [0.2, 0.25) is 11.8 Å². The number of hydrogen-bond acceptors (Lipinski definition) is 7. The second-order valence-electron chi connectivity index (χ2n) is 7.66. The van der Waals surface area contributed by atoms with E-state index in [1.165, 1.54) is 0 Å². The Labute approximate surface area is 211 Å². The number of thioether (sulfide) groups is 1. The van der Waals surface area contributed by atoms with Crippen molar-refractivity contribution >= 4 is 11.8 Å². The van der Waals surface area contributed by atoms with E-state index in [-0.39, 0.29) is 0 Å². The Morgan fingerprint density at radius 2 is 1.91 bits per heavy atom. The second-order valence-corrected chi connectivity index (χ2v) is 8.77. The van der Waals surface area contributed by atoms with E-state index in [1.54, 1.807) is 11.8 Å². The van der Waals surface area contributed by atoms with Gasteiger partial charge in [0.05, 0.1) is 24.2 Å². The number of aliphatic hydroxyl groups excluding tert-OH is 1. The molecular formula is C27H45N3O3S. The molecule has 1 atom stereocenters. The summed E-state index contributed by atoms with van der Waals surface area (Å²) in [5.74, 6) is 3.30. The maximum Gasteiger partial charge on any atom is 0.247 e. The van der Waals surface area contributed by atoms with Gasteiger partial charge in [-0.15, -0.1) is 22.0 Å². The highest BCUT2D eigenvalue weighted by molar-refractivity contribution is 7.98. The van der Waals surface area contributed by atoms with Crippen LogP contribution in [0.4, 0.5) is 0 Å². The molecule has 1 aromatic carbocycles. The molecule has 1 unspecified atom stereocenters. The molecule has 2 aromatic rings. The van der Waals surface area contributed by atoms with Crippen LogP contribution < -0.4 is 0 Å². The highest BCUT2D eigenvalue weighted by atomic mass is 32.2. The molecule has 1 N–H and O–H groups in total. The van der Waals surface area contributed by atoms with Crippen molar-refractivity contribution in [1.82, 2.24) is 15.1 Å². The van der Waals surface area contributed by atoms with Gasteiger partial charge < -0.3 is 19.2 Å². The smallest absolute Gasteiger partial charge is 0.247 e. The van der Waals surface area contributed by atoms with E-state index in [1.807, 2.05) is 66.1 Å². The number of aliphatic hydroxyl groups is 1. The fourth-order valence-corrected chi connectivity index (χ4v) is 3.35. The van der Waals surface area contributed by atoms with Gasteiger partial charge in [-0.1, -0.05) is 51.6 Å². The van der Waals surface area contributed by atoms with E-state index in [0.717, 1.165) is 48.4 Å². The quantitative estimate of drug-likeness (QED) is 0.186. The van der Waals surface area contributed by atoms with Crippen LogP contribution in [0.5, 0.6) is 0 Å². The molecule has 6 nitrogen and oxygen atoms in total. The van der Waals surface area contributed by atoms with Gasteiger partial charge in [-0.2, -0.15) is 0 Å². The minimum atomic E-state index is -0.449. The van der Waals surface area contributed by atoms with Crippen LogP contribution in [0.25, 0.3) is 11.5 Å².